The van der Waals surface area contributed by atoms with E-state index in [1.54, 1.807) is 12.0 Å². The SMILES string of the molecule is CCNC(=NCC(C)Oc1cccc(OC)c1)NC1CCC(=O)N(C)C1.I. The molecule has 0 saturated carbocycles. The van der Waals surface area contributed by atoms with E-state index >= 15 is 0 Å². The van der Waals surface area contributed by atoms with E-state index in [2.05, 4.69) is 15.6 Å². The fourth-order valence-electron chi connectivity index (χ4n) is 2.81. The second-order valence-electron chi connectivity index (χ2n) is 6.48. The van der Waals surface area contributed by atoms with Crippen LogP contribution in [0, 0.1) is 0 Å². The van der Waals surface area contributed by atoms with Crippen molar-refractivity contribution in [1.29, 1.82) is 0 Å². The van der Waals surface area contributed by atoms with Gasteiger partial charge >= 0.3 is 0 Å². The molecular formula is C19H31IN4O3. The van der Waals surface area contributed by atoms with Gasteiger partial charge in [0.1, 0.15) is 17.6 Å². The first kappa shape index (κ1) is 23.3. The van der Waals surface area contributed by atoms with Gasteiger partial charge in [-0.1, -0.05) is 6.07 Å². The molecule has 1 saturated heterocycles. The van der Waals surface area contributed by atoms with Crippen LogP contribution in [0.15, 0.2) is 29.3 Å². The third-order valence-electron chi connectivity index (χ3n) is 4.20. The molecule has 2 rings (SSSR count). The average molecular weight is 490 g/mol. The monoisotopic (exact) mass is 490 g/mol. The number of nitrogens with zero attached hydrogens (tertiary/aromatic N) is 2. The number of benzene rings is 1. The Morgan fingerprint density at radius 3 is 2.81 bits per heavy atom. The van der Waals surface area contributed by atoms with E-state index in [1.807, 2.05) is 45.2 Å². The van der Waals surface area contributed by atoms with E-state index in [-0.39, 0.29) is 42.0 Å². The number of halogens is 1. The van der Waals surface area contributed by atoms with E-state index in [0.717, 1.165) is 30.4 Å². The van der Waals surface area contributed by atoms with Crippen LogP contribution in [0.4, 0.5) is 0 Å². The summed E-state index contributed by atoms with van der Waals surface area (Å²) in [6.45, 7) is 6.01. The number of methoxy groups -OCH3 is 1. The van der Waals surface area contributed by atoms with Gasteiger partial charge in [-0.2, -0.15) is 0 Å². The highest BCUT2D eigenvalue weighted by Crippen LogP contribution is 2.20. The van der Waals surface area contributed by atoms with E-state index < -0.39 is 0 Å². The first-order chi connectivity index (χ1) is 12.5. The number of aliphatic imine (C=N–C) groups is 1. The van der Waals surface area contributed by atoms with Crippen LogP contribution in [0.3, 0.4) is 0 Å². The van der Waals surface area contributed by atoms with Crippen molar-refractivity contribution in [3.05, 3.63) is 24.3 Å². The predicted molar refractivity (Wildman–Crippen MR) is 118 cm³/mol. The Labute approximate surface area is 178 Å². The number of guanidine groups is 1. The van der Waals surface area contributed by atoms with Crippen LogP contribution in [-0.2, 0) is 4.79 Å². The summed E-state index contributed by atoms with van der Waals surface area (Å²) in [5.74, 6) is 2.48. The van der Waals surface area contributed by atoms with E-state index in [4.69, 9.17) is 9.47 Å². The lowest BCUT2D eigenvalue weighted by Gasteiger charge is -2.31. The van der Waals surface area contributed by atoms with Gasteiger partial charge in [0.25, 0.3) is 0 Å². The topological polar surface area (TPSA) is 75.2 Å². The van der Waals surface area contributed by atoms with Crippen LogP contribution in [0.5, 0.6) is 11.5 Å². The zero-order valence-corrected chi connectivity index (χ0v) is 18.9. The predicted octanol–water partition coefficient (Wildman–Crippen LogP) is 2.26. The van der Waals surface area contributed by atoms with Crippen molar-refractivity contribution in [1.82, 2.24) is 15.5 Å². The number of carbonyl (C=O) groups is 1. The first-order valence-corrected chi connectivity index (χ1v) is 9.11. The summed E-state index contributed by atoms with van der Waals surface area (Å²) in [5, 5.41) is 6.67. The van der Waals surface area contributed by atoms with Gasteiger partial charge in [-0.3, -0.25) is 4.79 Å². The molecule has 0 bridgehead atoms. The second-order valence-corrected chi connectivity index (χ2v) is 6.48. The summed E-state index contributed by atoms with van der Waals surface area (Å²) in [6.07, 6.45) is 1.32. The molecule has 1 amide bonds. The van der Waals surface area contributed by atoms with E-state index in [9.17, 15) is 4.79 Å². The van der Waals surface area contributed by atoms with Crippen molar-refractivity contribution in [3.63, 3.8) is 0 Å². The molecule has 1 heterocycles. The van der Waals surface area contributed by atoms with Gasteiger partial charge in [0, 0.05) is 38.7 Å². The van der Waals surface area contributed by atoms with Crippen molar-refractivity contribution < 1.29 is 14.3 Å². The minimum Gasteiger partial charge on any atom is -0.497 e. The maximum atomic E-state index is 11.6. The minimum atomic E-state index is -0.0758. The van der Waals surface area contributed by atoms with E-state index in [1.165, 1.54) is 0 Å². The Morgan fingerprint density at radius 1 is 1.41 bits per heavy atom. The molecule has 1 aromatic carbocycles. The summed E-state index contributed by atoms with van der Waals surface area (Å²) in [6, 6.07) is 7.76. The smallest absolute Gasteiger partial charge is 0.222 e. The summed E-state index contributed by atoms with van der Waals surface area (Å²) in [4.78, 5) is 18.0. The number of rotatable bonds is 7. The Balaban J connectivity index is 0.00000364. The fraction of sp³-hybridized carbons (Fsp3) is 0.579. The number of carbonyl (C=O) groups excluding carboxylic acids is 1. The third kappa shape index (κ3) is 7.82. The lowest BCUT2D eigenvalue weighted by atomic mass is 10.1. The zero-order chi connectivity index (χ0) is 18.9. The molecule has 1 aliphatic rings. The number of hydrogen-bond acceptors (Lipinski definition) is 4. The highest BCUT2D eigenvalue weighted by Gasteiger charge is 2.23. The lowest BCUT2D eigenvalue weighted by molar-refractivity contribution is -0.132. The summed E-state index contributed by atoms with van der Waals surface area (Å²) in [7, 11) is 3.47. The summed E-state index contributed by atoms with van der Waals surface area (Å²) < 4.78 is 11.1. The molecule has 1 aliphatic heterocycles. The first-order valence-electron chi connectivity index (χ1n) is 9.11. The Kier molecular flexibility index (Phi) is 10.3. The second kappa shape index (κ2) is 11.9. The van der Waals surface area contributed by atoms with Gasteiger partial charge in [0.2, 0.25) is 5.91 Å². The van der Waals surface area contributed by atoms with Gasteiger partial charge in [-0.05, 0) is 32.4 Å². The average Bonchev–Trinajstić information content (AvgIpc) is 2.63. The molecule has 8 heteroatoms. The number of hydrogen-bond donors (Lipinski definition) is 2. The van der Waals surface area contributed by atoms with Gasteiger partial charge in [0.05, 0.1) is 13.7 Å². The molecule has 2 N–H and O–H groups in total. The van der Waals surface area contributed by atoms with Gasteiger partial charge in [0.15, 0.2) is 5.96 Å². The van der Waals surface area contributed by atoms with Crippen LogP contribution in [0.25, 0.3) is 0 Å². The highest BCUT2D eigenvalue weighted by molar-refractivity contribution is 14.0. The molecule has 1 aromatic rings. The van der Waals surface area contributed by atoms with Gasteiger partial charge < -0.3 is 25.0 Å². The minimum absolute atomic E-state index is 0. The molecule has 152 valence electrons. The van der Waals surface area contributed by atoms with E-state index in [0.29, 0.717) is 19.5 Å². The van der Waals surface area contributed by atoms with Crippen LogP contribution in [0.1, 0.15) is 26.7 Å². The molecule has 7 nitrogen and oxygen atoms in total. The molecule has 1 fully saturated rings. The van der Waals surface area contributed by atoms with Crippen molar-refractivity contribution in [3.8, 4) is 11.5 Å². The molecule has 27 heavy (non-hydrogen) atoms. The summed E-state index contributed by atoms with van der Waals surface area (Å²) >= 11 is 0. The molecule has 2 unspecified atom stereocenters. The highest BCUT2D eigenvalue weighted by atomic mass is 127. The normalized spacial score (nSPS) is 18.4. The maximum absolute atomic E-state index is 11.6. The zero-order valence-electron chi connectivity index (χ0n) is 16.5. The summed E-state index contributed by atoms with van der Waals surface area (Å²) in [5.41, 5.74) is 0. The van der Waals surface area contributed by atoms with Crippen LogP contribution >= 0.6 is 24.0 Å². The Bertz CT molecular complexity index is 627. The molecular weight excluding hydrogens is 459 g/mol. The number of ether oxygens (including phenoxy) is 2. The van der Waals surface area contributed by atoms with Crippen LogP contribution < -0.4 is 20.1 Å². The maximum Gasteiger partial charge on any atom is 0.222 e. The molecule has 0 spiro atoms. The molecule has 2 atom stereocenters. The standard InChI is InChI=1S/C19H30N4O3.HI/c1-5-20-19(22-15-9-10-18(24)23(3)13-15)21-12-14(2)26-17-8-6-7-16(11-17)25-4;/h6-8,11,14-15H,5,9-10,12-13H2,1-4H3,(H2,20,21,22);1H. The lowest BCUT2D eigenvalue weighted by Crippen LogP contribution is -2.51. The number of likely N-dealkylation sites (N-methyl/N-ethyl adjacent to an activating group) is 1. The third-order valence-corrected chi connectivity index (χ3v) is 4.20. The largest absolute Gasteiger partial charge is 0.497 e. The van der Waals surface area contributed by atoms with Crippen molar-refractivity contribution in [2.75, 3.05) is 33.8 Å². The molecule has 0 radical (unpaired) electrons. The van der Waals surface area contributed by atoms with Crippen LogP contribution in [0.2, 0.25) is 0 Å². The van der Waals surface area contributed by atoms with Gasteiger partial charge in [-0.15, -0.1) is 24.0 Å². The van der Waals surface area contributed by atoms with Crippen LogP contribution in [-0.4, -0.2) is 62.7 Å². The number of likely N-dealkylation sites (tertiary alicyclic amines) is 1. The quantitative estimate of drug-likeness (QED) is 0.349. The van der Waals surface area contributed by atoms with Crippen molar-refractivity contribution in [2.45, 2.75) is 38.8 Å². The Hall–Kier alpha value is -1.71. The van der Waals surface area contributed by atoms with Crippen molar-refractivity contribution in [2.24, 2.45) is 4.99 Å². The Morgan fingerprint density at radius 2 is 2.15 bits per heavy atom. The molecule has 0 aliphatic carbocycles. The number of piperidine rings is 1. The fourth-order valence-corrected chi connectivity index (χ4v) is 2.81. The molecule has 0 aromatic heterocycles. The number of amides is 1. The van der Waals surface area contributed by atoms with Gasteiger partial charge in [-0.25, -0.2) is 4.99 Å². The van der Waals surface area contributed by atoms with Crippen molar-refractivity contribution >= 4 is 35.8 Å². The number of nitrogens with one attached hydrogen (secondary N) is 2.